The Morgan fingerprint density at radius 1 is 1.28 bits per heavy atom. The minimum atomic E-state index is -0.203. The summed E-state index contributed by atoms with van der Waals surface area (Å²) in [5, 5.41) is 10.1. The Labute approximate surface area is 117 Å². The molecule has 0 aliphatic carbocycles. The molecule has 1 rings (SSSR count). The van der Waals surface area contributed by atoms with Crippen molar-refractivity contribution in [2.75, 3.05) is 26.7 Å². The van der Waals surface area contributed by atoms with Gasteiger partial charge in [-0.3, -0.25) is 9.59 Å². The SMILES string of the molecule is CNCCCNC(=O)CNC(=O)c1cccs1.Cl. The van der Waals surface area contributed by atoms with Crippen LogP contribution in [0.5, 0.6) is 0 Å². The first-order chi connectivity index (χ1) is 8.24. The van der Waals surface area contributed by atoms with Crippen molar-refractivity contribution in [2.24, 2.45) is 0 Å². The topological polar surface area (TPSA) is 70.2 Å². The molecular weight excluding hydrogens is 274 g/mol. The fourth-order valence-corrected chi connectivity index (χ4v) is 1.85. The van der Waals surface area contributed by atoms with Crippen molar-refractivity contribution in [3.05, 3.63) is 22.4 Å². The minimum absolute atomic E-state index is 0. The average molecular weight is 292 g/mol. The van der Waals surface area contributed by atoms with Crippen LogP contribution in [0.3, 0.4) is 0 Å². The normalized spacial score (nSPS) is 9.39. The van der Waals surface area contributed by atoms with Crippen LogP contribution in [0.1, 0.15) is 16.1 Å². The summed E-state index contributed by atoms with van der Waals surface area (Å²) in [6.45, 7) is 1.51. The van der Waals surface area contributed by atoms with Gasteiger partial charge in [0.25, 0.3) is 5.91 Å². The maximum atomic E-state index is 11.5. The number of carbonyl (C=O) groups excluding carboxylic acids is 2. The monoisotopic (exact) mass is 291 g/mol. The number of hydrogen-bond donors (Lipinski definition) is 3. The van der Waals surface area contributed by atoms with Crippen LogP contribution in [0.4, 0.5) is 0 Å². The van der Waals surface area contributed by atoms with Crippen LogP contribution in [-0.2, 0) is 4.79 Å². The lowest BCUT2D eigenvalue weighted by Crippen LogP contribution is -2.37. The Hall–Kier alpha value is -1.11. The second kappa shape index (κ2) is 9.87. The maximum absolute atomic E-state index is 11.5. The van der Waals surface area contributed by atoms with Crippen molar-refractivity contribution in [1.29, 1.82) is 0 Å². The van der Waals surface area contributed by atoms with Crippen molar-refractivity contribution in [2.45, 2.75) is 6.42 Å². The second-order valence-corrected chi connectivity index (χ2v) is 4.41. The Morgan fingerprint density at radius 3 is 2.67 bits per heavy atom. The summed E-state index contributed by atoms with van der Waals surface area (Å²) in [6, 6.07) is 3.53. The summed E-state index contributed by atoms with van der Waals surface area (Å²) >= 11 is 1.36. The van der Waals surface area contributed by atoms with E-state index in [1.54, 1.807) is 12.1 Å². The summed E-state index contributed by atoms with van der Waals surface area (Å²) < 4.78 is 0. The number of hydrogen-bond acceptors (Lipinski definition) is 4. The number of nitrogens with one attached hydrogen (secondary N) is 3. The zero-order chi connectivity index (χ0) is 12.5. The molecule has 0 aliphatic rings. The third-order valence-electron chi connectivity index (χ3n) is 2.08. The van der Waals surface area contributed by atoms with Crippen LogP contribution >= 0.6 is 23.7 Å². The quantitative estimate of drug-likeness (QED) is 0.645. The first-order valence-electron chi connectivity index (χ1n) is 5.47. The van der Waals surface area contributed by atoms with Gasteiger partial charge in [-0.15, -0.1) is 23.7 Å². The van der Waals surface area contributed by atoms with Crippen LogP contribution in [0.2, 0.25) is 0 Å². The molecule has 102 valence electrons. The molecule has 0 atom stereocenters. The van der Waals surface area contributed by atoms with Crippen molar-refractivity contribution in [3.63, 3.8) is 0 Å². The molecule has 0 radical (unpaired) electrons. The van der Waals surface area contributed by atoms with Crippen molar-refractivity contribution in [3.8, 4) is 0 Å². The van der Waals surface area contributed by atoms with Gasteiger partial charge in [-0.1, -0.05) is 6.07 Å². The number of rotatable bonds is 7. The first-order valence-corrected chi connectivity index (χ1v) is 6.35. The molecule has 1 aromatic rings. The van der Waals surface area contributed by atoms with E-state index < -0.39 is 0 Å². The van der Waals surface area contributed by atoms with Crippen LogP contribution < -0.4 is 16.0 Å². The molecule has 0 unspecified atom stereocenters. The van der Waals surface area contributed by atoms with E-state index in [-0.39, 0.29) is 30.8 Å². The summed E-state index contributed by atoms with van der Waals surface area (Å²) in [4.78, 5) is 23.5. The maximum Gasteiger partial charge on any atom is 0.261 e. The molecule has 3 N–H and O–H groups in total. The molecule has 18 heavy (non-hydrogen) atoms. The molecule has 0 bridgehead atoms. The first kappa shape index (κ1) is 16.9. The predicted molar refractivity (Wildman–Crippen MR) is 75.5 cm³/mol. The molecule has 0 aliphatic heterocycles. The highest BCUT2D eigenvalue weighted by atomic mass is 35.5. The predicted octanol–water partition coefficient (Wildman–Crippen LogP) is 0.625. The summed E-state index contributed by atoms with van der Waals surface area (Å²) in [5.74, 6) is -0.364. The van der Waals surface area contributed by atoms with Gasteiger partial charge in [0.1, 0.15) is 0 Å². The third-order valence-corrected chi connectivity index (χ3v) is 2.95. The second-order valence-electron chi connectivity index (χ2n) is 3.47. The fourth-order valence-electron chi connectivity index (χ4n) is 1.21. The highest BCUT2D eigenvalue weighted by Gasteiger charge is 2.07. The van der Waals surface area contributed by atoms with Gasteiger partial charge in [0, 0.05) is 6.54 Å². The zero-order valence-corrected chi connectivity index (χ0v) is 11.8. The molecule has 1 heterocycles. The summed E-state index contributed by atoms with van der Waals surface area (Å²) in [6.07, 6.45) is 0.876. The van der Waals surface area contributed by atoms with E-state index in [1.165, 1.54) is 11.3 Å². The van der Waals surface area contributed by atoms with Gasteiger partial charge in [-0.25, -0.2) is 0 Å². The van der Waals surface area contributed by atoms with Gasteiger partial charge in [0.05, 0.1) is 11.4 Å². The lowest BCUT2D eigenvalue weighted by Gasteiger charge is -2.05. The molecule has 1 aromatic heterocycles. The standard InChI is InChI=1S/C11H17N3O2S.ClH/c1-12-5-3-6-13-10(15)8-14-11(16)9-4-2-7-17-9;/h2,4,7,12H,3,5-6,8H2,1H3,(H,13,15)(H,14,16);1H. The van der Waals surface area contributed by atoms with E-state index in [9.17, 15) is 9.59 Å². The Kier molecular flexibility index (Phi) is 9.26. The summed E-state index contributed by atoms with van der Waals surface area (Å²) in [5.41, 5.74) is 0. The molecule has 0 saturated heterocycles. The molecule has 0 aromatic carbocycles. The lowest BCUT2D eigenvalue weighted by molar-refractivity contribution is -0.120. The minimum Gasteiger partial charge on any atom is -0.355 e. The van der Waals surface area contributed by atoms with Crippen molar-refractivity contribution >= 4 is 35.6 Å². The molecule has 0 fully saturated rings. The van der Waals surface area contributed by atoms with E-state index in [0.29, 0.717) is 11.4 Å². The molecule has 2 amide bonds. The van der Waals surface area contributed by atoms with Gasteiger partial charge in [0.15, 0.2) is 0 Å². The molecular formula is C11H18ClN3O2S. The number of carbonyl (C=O) groups is 2. The van der Waals surface area contributed by atoms with Crippen LogP contribution in [-0.4, -0.2) is 38.5 Å². The highest BCUT2D eigenvalue weighted by molar-refractivity contribution is 7.12. The van der Waals surface area contributed by atoms with E-state index in [0.717, 1.165) is 13.0 Å². The van der Waals surface area contributed by atoms with Crippen LogP contribution in [0, 0.1) is 0 Å². The molecule has 0 spiro atoms. The lowest BCUT2D eigenvalue weighted by atomic mass is 10.4. The number of thiophene rings is 1. The van der Waals surface area contributed by atoms with E-state index in [4.69, 9.17) is 0 Å². The van der Waals surface area contributed by atoms with Gasteiger partial charge >= 0.3 is 0 Å². The fraction of sp³-hybridized carbons (Fsp3) is 0.455. The zero-order valence-electron chi connectivity index (χ0n) is 10.2. The third kappa shape index (κ3) is 6.58. The van der Waals surface area contributed by atoms with Gasteiger partial charge in [-0.2, -0.15) is 0 Å². The van der Waals surface area contributed by atoms with Crippen LogP contribution in [0.25, 0.3) is 0 Å². The van der Waals surface area contributed by atoms with E-state index in [2.05, 4.69) is 16.0 Å². The Bertz CT molecular complexity index is 357. The number of halogens is 1. The number of amides is 2. The van der Waals surface area contributed by atoms with Crippen LogP contribution in [0.15, 0.2) is 17.5 Å². The van der Waals surface area contributed by atoms with E-state index in [1.807, 2.05) is 12.4 Å². The highest BCUT2D eigenvalue weighted by Crippen LogP contribution is 2.07. The van der Waals surface area contributed by atoms with E-state index >= 15 is 0 Å². The molecule has 5 nitrogen and oxygen atoms in total. The molecule has 0 saturated carbocycles. The van der Waals surface area contributed by atoms with Crippen molar-refractivity contribution in [1.82, 2.24) is 16.0 Å². The van der Waals surface area contributed by atoms with Gasteiger partial charge in [0.2, 0.25) is 5.91 Å². The van der Waals surface area contributed by atoms with Crippen molar-refractivity contribution < 1.29 is 9.59 Å². The smallest absolute Gasteiger partial charge is 0.261 e. The van der Waals surface area contributed by atoms with Gasteiger partial charge in [-0.05, 0) is 31.5 Å². The Balaban J connectivity index is 0.00000289. The summed E-state index contributed by atoms with van der Waals surface area (Å²) in [7, 11) is 1.86. The largest absolute Gasteiger partial charge is 0.355 e. The average Bonchev–Trinajstić information content (AvgIpc) is 2.85. The molecule has 7 heteroatoms. The Morgan fingerprint density at radius 2 is 2.06 bits per heavy atom. The van der Waals surface area contributed by atoms with Gasteiger partial charge < -0.3 is 16.0 Å².